The van der Waals surface area contributed by atoms with Crippen LogP contribution in [0.25, 0.3) is 0 Å². The number of benzene rings is 1. The highest BCUT2D eigenvalue weighted by Gasteiger charge is 2.26. The Morgan fingerprint density at radius 1 is 1.45 bits per heavy atom. The number of aliphatic hydroxyl groups is 1. The molecule has 0 bridgehead atoms. The third-order valence-corrected chi connectivity index (χ3v) is 3.29. The number of carbonyl (C=O) groups is 1. The molecule has 1 aliphatic rings. The summed E-state index contributed by atoms with van der Waals surface area (Å²) in [5.74, 6) is 1.39. The summed E-state index contributed by atoms with van der Waals surface area (Å²) in [7, 11) is 0. The Morgan fingerprint density at radius 2 is 2.20 bits per heavy atom. The van der Waals surface area contributed by atoms with Crippen molar-refractivity contribution < 1.29 is 19.4 Å². The summed E-state index contributed by atoms with van der Waals surface area (Å²) in [5.41, 5.74) is 0. The smallest absolute Gasteiger partial charge is 0.264 e. The lowest BCUT2D eigenvalue weighted by Gasteiger charge is -2.25. The first-order valence-corrected chi connectivity index (χ1v) is 6.97. The minimum absolute atomic E-state index is 0.156. The number of para-hydroxylation sites is 2. The number of carbonyl (C=O) groups excluding carboxylic acids is 1. The number of hydrogen-bond donors (Lipinski definition) is 2. The second-order valence-corrected chi connectivity index (χ2v) is 5.09. The van der Waals surface area contributed by atoms with Gasteiger partial charge in [-0.2, -0.15) is 0 Å². The van der Waals surface area contributed by atoms with E-state index in [-0.39, 0.29) is 25.0 Å². The van der Waals surface area contributed by atoms with Gasteiger partial charge in [-0.15, -0.1) is 0 Å². The maximum atomic E-state index is 12.0. The monoisotopic (exact) mass is 279 g/mol. The molecule has 0 radical (unpaired) electrons. The minimum atomic E-state index is -0.597. The Morgan fingerprint density at radius 3 is 2.95 bits per heavy atom. The second-order valence-electron chi connectivity index (χ2n) is 5.09. The Bertz CT molecular complexity index is 449. The zero-order valence-corrected chi connectivity index (χ0v) is 11.7. The molecule has 0 fully saturated rings. The molecule has 0 saturated heterocycles. The van der Waals surface area contributed by atoms with Crippen LogP contribution in [-0.2, 0) is 4.79 Å². The van der Waals surface area contributed by atoms with Gasteiger partial charge >= 0.3 is 0 Å². The molecule has 1 aromatic carbocycles. The number of rotatable bonds is 6. The maximum absolute atomic E-state index is 12.0. The van der Waals surface area contributed by atoms with Crippen LogP contribution in [0.2, 0.25) is 0 Å². The van der Waals surface area contributed by atoms with E-state index in [9.17, 15) is 4.79 Å². The molecule has 110 valence electrons. The summed E-state index contributed by atoms with van der Waals surface area (Å²) in [6.45, 7) is 2.99. The highest BCUT2D eigenvalue weighted by molar-refractivity contribution is 5.81. The molecule has 20 heavy (non-hydrogen) atoms. The number of amides is 1. The van der Waals surface area contributed by atoms with Crippen LogP contribution in [0, 0.1) is 5.92 Å². The highest BCUT2D eigenvalue weighted by atomic mass is 16.6. The molecule has 1 amide bonds. The molecule has 0 aromatic heterocycles. The molecule has 1 aromatic rings. The van der Waals surface area contributed by atoms with E-state index < -0.39 is 6.10 Å². The van der Waals surface area contributed by atoms with E-state index in [1.54, 1.807) is 6.07 Å². The average molecular weight is 279 g/mol. The molecular formula is C15H21NO4. The van der Waals surface area contributed by atoms with Crippen molar-refractivity contribution in [3.63, 3.8) is 0 Å². The standard InChI is InChI=1S/C15H21NO4/c1-11(9-17)5-4-8-16-15(18)14-10-19-12-6-2-3-7-13(12)20-14/h2-3,6-7,11,14,17H,4-5,8-10H2,1H3,(H,16,18). The first-order valence-electron chi connectivity index (χ1n) is 6.97. The van der Waals surface area contributed by atoms with Crippen LogP contribution in [0.3, 0.4) is 0 Å². The second kappa shape index (κ2) is 7.14. The molecule has 2 atom stereocenters. The molecule has 5 heteroatoms. The van der Waals surface area contributed by atoms with Crippen molar-refractivity contribution in [1.82, 2.24) is 5.32 Å². The van der Waals surface area contributed by atoms with Gasteiger partial charge in [0.05, 0.1) is 0 Å². The lowest BCUT2D eigenvalue weighted by molar-refractivity contribution is -0.130. The number of nitrogens with one attached hydrogen (secondary N) is 1. The molecule has 5 nitrogen and oxygen atoms in total. The van der Waals surface area contributed by atoms with Crippen LogP contribution < -0.4 is 14.8 Å². The molecule has 0 aliphatic carbocycles. The number of ether oxygens (including phenoxy) is 2. The Hall–Kier alpha value is -1.75. The van der Waals surface area contributed by atoms with E-state index in [2.05, 4.69) is 5.32 Å². The molecule has 1 aliphatic heterocycles. The molecular weight excluding hydrogens is 258 g/mol. The van der Waals surface area contributed by atoms with Gasteiger partial charge in [-0.3, -0.25) is 4.79 Å². The number of aliphatic hydroxyl groups excluding tert-OH is 1. The fourth-order valence-corrected chi connectivity index (χ4v) is 2.02. The van der Waals surface area contributed by atoms with Crippen molar-refractivity contribution in [3.05, 3.63) is 24.3 Å². The van der Waals surface area contributed by atoms with E-state index in [1.165, 1.54) is 0 Å². The molecule has 2 unspecified atom stereocenters. The summed E-state index contributed by atoms with van der Waals surface area (Å²) >= 11 is 0. The summed E-state index contributed by atoms with van der Waals surface area (Å²) < 4.78 is 11.1. The van der Waals surface area contributed by atoms with Crippen LogP contribution in [0.15, 0.2) is 24.3 Å². The van der Waals surface area contributed by atoms with Gasteiger partial charge in [0.15, 0.2) is 11.5 Å². The fraction of sp³-hybridized carbons (Fsp3) is 0.533. The highest BCUT2D eigenvalue weighted by Crippen LogP contribution is 2.30. The van der Waals surface area contributed by atoms with E-state index in [4.69, 9.17) is 14.6 Å². The maximum Gasteiger partial charge on any atom is 0.264 e. The topological polar surface area (TPSA) is 67.8 Å². The fourth-order valence-electron chi connectivity index (χ4n) is 2.02. The Balaban J connectivity index is 1.74. The van der Waals surface area contributed by atoms with Gasteiger partial charge in [0.1, 0.15) is 6.61 Å². The summed E-state index contributed by atoms with van der Waals surface area (Å²) in [4.78, 5) is 12.0. The van der Waals surface area contributed by atoms with Crippen molar-refractivity contribution >= 4 is 5.91 Å². The Kier molecular flexibility index (Phi) is 5.24. The van der Waals surface area contributed by atoms with Gasteiger partial charge in [-0.1, -0.05) is 19.1 Å². The SMILES string of the molecule is CC(CO)CCCNC(=O)C1COc2ccccc2O1. The summed E-state index contributed by atoms with van der Waals surface area (Å²) in [5, 5.41) is 11.8. The molecule has 0 spiro atoms. The van der Waals surface area contributed by atoms with Gasteiger partial charge < -0.3 is 19.9 Å². The van der Waals surface area contributed by atoms with Crippen molar-refractivity contribution in [2.24, 2.45) is 5.92 Å². The van der Waals surface area contributed by atoms with Crippen LogP contribution in [0.1, 0.15) is 19.8 Å². The van der Waals surface area contributed by atoms with Crippen LogP contribution in [0.5, 0.6) is 11.5 Å². The van der Waals surface area contributed by atoms with E-state index in [0.29, 0.717) is 18.0 Å². The predicted molar refractivity (Wildman–Crippen MR) is 74.8 cm³/mol. The van der Waals surface area contributed by atoms with E-state index >= 15 is 0 Å². The molecule has 2 N–H and O–H groups in total. The molecule has 1 heterocycles. The van der Waals surface area contributed by atoms with Gasteiger partial charge in [0.2, 0.25) is 6.10 Å². The normalized spacial score (nSPS) is 18.4. The third-order valence-electron chi connectivity index (χ3n) is 3.29. The van der Waals surface area contributed by atoms with Crippen LogP contribution in [-0.4, -0.2) is 36.9 Å². The van der Waals surface area contributed by atoms with Gasteiger partial charge in [0.25, 0.3) is 5.91 Å². The zero-order chi connectivity index (χ0) is 14.4. The average Bonchev–Trinajstić information content (AvgIpc) is 2.50. The third kappa shape index (κ3) is 3.87. The van der Waals surface area contributed by atoms with Crippen molar-refractivity contribution in [2.45, 2.75) is 25.9 Å². The number of hydrogen-bond acceptors (Lipinski definition) is 4. The predicted octanol–water partition coefficient (Wildman–Crippen LogP) is 1.35. The minimum Gasteiger partial charge on any atom is -0.485 e. The summed E-state index contributed by atoms with van der Waals surface area (Å²) in [6, 6.07) is 7.32. The van der Waals surface area contributed by atoms with Gasteiger partial charge in [-0.05, 0) is 30.9 Å². The lowest BCUT2D eigenvalue weighted by atomic mass is 10.1. The molecule has 0 saturated carbocycles. The summed E-state index contributed by atoms with van der Waals surface area (Å²) in [6.07, 6.45) is 1.14. The molecule has 2 rings (SSSR count). The van der Waals surface area contributed by atoms with Crippen molar-refractivity contribution in [1.29, 1.82) is 0 Å². The van der Waals surface area contributed by atoms with Crippen molar-refractivity contribution in [2.75, 3.05) is 19.8 Å². The first kappa shape index (κ1) is 14.7. The van der Waals surface area contributed by atoms with E-state index in [0.717, 1.165) is 12.8 Å². The largest absolute Gasteiger partial charge is 0.485 e. The number of fused-ring (bicyclic) bond motifs is 1. The Labute approximate surface area is 118 Å². The van der Waals surface area contributed by atoms with Crippen LogP contribution >= 0.6 is 0 Å². The zero-order valence-electron chi connectivity index (χ0n) is 11.7. The van der Waals surface area contributed by atoms with Crippen LogP contribution in [0.4, 0.5) is 0 Å². The van der Waals surface area contributed by atoms with Gasteiger partial charge in [-0.25, -0.2) is 0 Å². The lowest BCUT2D eigenvalue weighted by Crippen LogP contribution is -2.44. The van der Waals surface area contributed by atoms with E-state index in [1.807, 2.05) is 25.1 Å². The van der Waals surface area contributed by atoms with Crippen molar-refractivity contribution in [3.8, 4) is 11.5 Å². The quantitative estimate of drug-likeness (QED) is 0.771. The van der Waals surface area contributed by atoms with Gasteiger partial charge in [0, 0.05) is 13.2 Å². The first-order chi connectivity index (χ1) is 9.70.